The van der Waals surface area contributed by atoms with Gasteiger partial charge in [-0.25, -0.2) is 8.78 Å². The van der Waals surface area contributed by atoms with Crippen LogP contribution in [0.2, 0.25) is 0 Å². The van der Waals surface area contributed by atoms with Crippen molar-refractivity contribution in [2.45, 2.75) is 25.1 Å². The van der Waals surface area contributed by atoms with Crippen LogP contribution in [0.5, 0.6) is 0 Å². The van der Waals surface area contributed by atoms with Crippen molar-refractivity contribution in [1.29, 1.82) is 10.7 Å². The van der Waals surface area contributed by atoms with E-state index in [1.807, 2.05) is 30.3 Å². The molecule has 4 N–H and O–H groups in total. The first kappa shape index (κ1) is 28.4. The molecular formula is C29H24F5N5O. The SMILES string of the molecule is N#Cc1cc(N/C(=C\C(=N)C(F)(F)F)C(=O)Nc2cc(C(NCC3CC3)c3ccccc3)ccc2F)ccc1F. The van der Waals surface area contributed by atoms with Crippen LogP contribution in [0.3, 0.4) is 0 Å². The first-order valence-electron chi connectivity index (χ1n) is 12.3. The summed E-state index contributed by atoms with van der Waals surface area (Å²) in [6.45, 7) is 0.733. The number of nitrogens with zero attached hydrogens (tertiary/aromatic N) is 1. The van der Waals surface area contributed by atoms with Gasteiger partial charge in [0.1, 0.15) is 29.1 Å². The second kappa shape index (κ2) is 12.1. The Hall–Kier alpha value is -4.56. The van der Waals surface area contributed by atoms with Gasteiger partial charge in [-0.15, -0.1) is 0 Å². The van der Waals surface area contributed by atoms with Crippen LogP contribution in [0.1, 0.15) is 35.6 Å². The van der Waals surface area contributed by atoms with Gasteiger partial charge >= 0.3 is 6.18 Å². The van der Waals surface area contributed by atoms with Crippen LogP contribution < -0.4 is 16.0 Å². The highest BCUT2D eigenvalue weighted by atomic mass is 19.4. The van der Waals surface area contributed by atoms with Crippen LogP contribution in [-0.4, -0.2) is 24.3 Å². The van der Waals surface area contributed by atoms with E-state index in [-0.39, 0.29) is 23.5 Å². The van der Waals surface area contributed by atoms with Crippen LogP contribution in [0.15, 0.2) is 78.5 Å². The average molecular weight is 554 g/mol. The minimum absolute atomic E-state index is 0.0861. The fraction of sp³-hybridized carbons (Fsp3) is 0.207. The molecule has 0 radical (unpaired) electrons. The van der Waals surface area contributed by atoms with Gasteiger partial charge in [0.2, 0.25) is 0 Å². The fourth-order valence-electron chi connectivity index (χ4n) is 3.92. The molecule has 0 bridgehead atoms. The lowest BCUT2D eigenvalue weighted by Crippen LogP contribution is -2.26. The Morgan fingerprint density at radius 2 is 1.70 bits per heavy atom. The molecule has 1 atom stereocenters. The summed E-state index contributed by atoms with van der Waals surface area (Å²) in [6, 6.07) is 17.7. The minimum atomic E-state index is -5.07. The molecule has 6 nitrogen and oxygen atoms in total. The summed E-state index contributed by atoms with van der Waals surface area (Å²) in [6.07, 6.45) is -2.62. The highest BCUT2D eigenvalue weighted by molar-refractivity contribution is 6.11. The van der Waals surface area contributed by atoms with E-state index < -0.39 is 40.7 Å². The summed E-state index contributed by atoms with van der Waals surface area (Å²) in [7, 11) is 0. The number of rotatable bonds is 10. The third-order valence-corrected chi connectivity index (χ3v) is 6.22. The van der Waals surface area contributed by atoms with Crippen molar-refractivity contribution in [1.82, 2.24) is 5.32 Å². The molecule has 4 rings (SSSR count). The van der Waals surface area contributed by atoms with E-state index in [0.717, 1.165) is 49.2 Å². The zero-order valence-corrected chi connectivity index (χ0v) is 20.9. The highest BCUT2D eigenvalue weighted by Gasteiger charge is 2.34. The number of halogens is 5. The molecule has 1 saturated carbocycles. The first-order valence-corrected chi connectivity index (χ1v) is 12.3. The Kier molecular flexibility index (Phi) is 8.60. The molecule has 0 heterocycles. The number of carbonyl (C=O) groups excluding carboxylic acids is 1. The van der Waals surface area contributed by atoms with E-state index in [4.69, 9.17) is 10.7 Å². The molecule has 11 heteroatoms. The highest BCUT2D eigenvalue weighted by Crippen LogP contribution is 2.31. The maximum atomic E-state index is 14.8. The summed E-state index contributed by atoms with van der Waals surface area (Å²) < 4.78 is 67.9. The minimum Gasteiger partial charge on any atom is -0.351 e. The van der Waals surface area contributed by atoms with Crippen molar-refractivity contribution in [2.75, 3.05) is 17.2 Å². The number of alkyl halides is 3. The smallest absolute Gasteiger partial charge is 0.351 e. The molecule has 0 saturated heterocycles. The molecule has 1 unspecified atom stereocenters. The summed E-state index contributed by atoms with van der Waals surface area (Å²) >= 11 is 0. The average Bonchev–Trinajstić information content (AvgIpc) is 3.75. The predicted molar refractivity (Wildman–Crippen MR) is 141 cm³/mol. The Bertz CT molecular complexity index is 1480. The Balaban J connectivity index is 1.64. The second-order valence-corrected chi connectivity index (χ2v) is 9.29. The van der Waals surface area contributed by atoms with Gasteiger partial charge in [-0.2, -0.15) is 18.4 Å². The molecule has 1 fully saturated rings. The van der Waals surface area contributed by atoms with Gasteiger partial charge in [-0.05, 0) is 72.8 Å². The maximum absolute atomic E-state index is 14.8. The lowest BCUT2D eigenvalue weighted by atomic mass is 9.97. The molecular weight excluding hydrogens is 529 g/mol. The van der Waals surface area contributed by atoms with Crippen molar-refractivity contribution in [3.05, 3.63) is 107 Å². The van der Waals surface area contributed by atoms with Crippen molar-refractivity contribution in [3.8, 4) is 6.07 Å². The maximum Gasteiger partial charge on any atom is 0.432 e. The zero-order valence-electron chi connectivity index (χ0n) is 20.9. The fourth-order valence-corrected chi connectivity index (χ4v) is 3.92. The van der Waals surface area contributed by atoms with Crippen LogP contribution in [0.4, 0.5) is 33.3 Å². The predicted octanol–water partition coefficient (Wildman–Crippen LogP) is 6.44. The van der Waals surface area contributed by atoms with Crippen molar-refractivity contribution in [3.63, 3.8) is 0 Å². The van der Waals surface area contributed by atoms with Gasteiger partial charge in [0.25, 0.3) is 5.91 Å². The normalized spacial score (nSPS) is 14.2. The third kappa shape index (κ3) is 7.30. The molecule has 1 aliphatic rings. The Morgan fingerprint density at radius 3 is 2.35 bits per heavy atom. The summed E-state index contributed by atoms with van der Waals surface area (Å²) in [5.41, 5.74) is -1.90. The Morgan fingerprint density at radius 1 is 1.00 bits per heavy atom. The first-order chi connectivity index (χ1) is 19.0. The van der Waals surface area contributed by atoms with E-state index in [2.05, 4.69) is 16.0 Å². The van der Waals surface area contributed by atoms with Gasteiger partial charge in [0, 0.05) is 5.69 Å². The van der Waals surface area contributed by atoms with Gasteiger partial charge in [0.15, 0.2) is 0 Å². The molecule has 0 spiro atoms. The largest absolute Gasteiger partial charge is 0.432 e. The van der Waals surface area contributed by atoms with E-state index in [1.165, 1.54) is 6.07 Å². The van der Waals surface area contributed by atoms with Crippen molar-refractivity contribution < 1.29 is 26.7 Å². The second-order valence-electron chi connectivity index (χ2n) is 9.29. The van der Waals surface area contributed by atoms with Crippen LogP contribution in [-0.2, 0) is 4.79 Å². The molecule has 1 amide bonds. The van der Waals surface area contributed by atoms with Crippen molar-refractivity contribution in [2.24, 2.45) is 5.92 Å². The number of benzene rings is 3. The van der Waals surface area contributed by atoms with Crippen molar-refractivity contribution >= 4 is 23.0 Å². The number of allylic oxidation sites excluding steroid dienone is 1. The van der Waals surface area contributed by atoms with Gasteiger partial charge in [-0.3, -0.25) is 10.2 Å². The lowest BCUT2D eigenvalue weighted by molar-refractivity contribution is -0.112. The lowest BCUT2D eigenvalue weighted by Gasteiger charge is -2.21. The van der Waals surface area contributed by atoms with Gasteiger partial charge in [0.05, 0.1) is 17.3 Å². The number of nitrogens with one attached hydrogen (secondary N) is 4. The Labute approximate surface area is 227 Å². The molecule has 3 aromatic rings. The summed E-state index contributed by atoms with van der Waals surface area (Å²) in [5, 5.41) is 24.5. The quantitative estimate of drug-likeness (QED) is 0.132. The zero-order chi connectivity index (χ0) is 28.9. The molecule has 3 aromatic carbocycles. The topological polar surface area (TPSA) is 101 Å². The molecule has 206 valence electrons. The van der Waals surface area contributed by atoms with Gasteiger partial charge < -0.3 is 16.0 Å². The molecule has 0 aliphatic heterocycles. The van der Waals surface area contributed by atoms with Crippen LogP contribution in [0.25, 0.3) is 0 Å². The van der Waals surface area contributed by atoms with Crippen LogP contribution >= 0.6 is 0 Å². The standard InChI is InChI=1S/C29H24F5N5O/c30-22-11-9-21(12-20(22)15-35)38-25(14-26(36)29(32,33)34)28(40)39-24-13-19(8-10-23(24)31)27(37-16-17-6-7-17)18-4-2-1-3-5-18/h1-5,8-14,17,27,36-38H,6-7,16H2,(H,39,40)/b25-14-,36-26?. The third-order valence-electron chi connectivity index (χ3n) is 6.22. The summed E-state index contributed by atoms with van der Waals surface area (Å²) in [4.78, 5) is 13.1. The van der Waals surface area contributed by atoms with Gasteiger partial charge in [-0.1, -0.05) is 36.4 Å². The number of hydrogen-bond acceptors (Lipinski definition) is 5. The van der Waals surface area contributed by atoms with Crippen LogP contribution in [0, 0.1) is 34.3 Å². The molecule has 0 aromatic heterocycles. The number of hydrogen-bond donors (Lipinski definition) is 4. The van der Waals surface area contributed by atoms with E-state index in [0.29, 0.717) is 11.5 Å². The van der Waals surface area contributed by atoms with E-state index in [1.54, 1.807) is 12.1 Å². The number of nitriles is 1. The van der Waals surface area contributed by atoms with E-state index in [9.17, 15) is 26.7 Å². The number of amides is 1. The monoisotopic (exact) mass is 553 g/mol. The number of anilines is 2. The van der Waals surface area contributed by atoms with E-state index >= 15 is 0 Å². The molecule has 40 heavy (non-hydrogen) atoms. The molecule has 1 aliphatic carbocycles. The number of carbonyl (C=O) groups is 1. The summed E-state index contributed by atoms with van der Waals surface area (Å²) in [5.74, 6) is -2.34.